The average Bonchev–Trinajstić information content (AvgIpc) is 2.70. The number of rotatable bonds is 2. The lowest BCUT2D eigenvalue weighted by molar-refractivity contribution is -0.387. The van der Waals surface area contributed by atoms with Gasteiger partial charge < -0.3 is 4.74 Å². The third-order valence-corrected chi connectivity index (χ3v) is 2.24. The lowest BCUT2D eigenvalue weighted by Crippen LogP contribution is -2.02. The van der Waals surface area contributed by atoms with Crippen LogP contribution in [0.2, 0.25) is 0 Å². The molecule has 1 aromatic carbocycles. The van der Waals surface area contributed by atoms with Crippen molar-refractivity contribution in [2.24, 2.45) is 0 Å². The number of nitro groups is 1. The molecule has 1 heterocycles. The molecule has 4 nitrogen and oxygen atoms in total. The number of nitrogens with zero attached hydrogens (tertiary/aromatic N) is 1. The summed E-state index contributed by atoms with van der Waals surface area (Å²) in [6, 6.07) is 4.10. The van der Waals surface area contributed by atoms with Gasteiger partial charge in [0.15, 0.2) is 0 Å². The average molecular weight is 209 g/mol. The van der Waals surface area contributed by atoms with Crippen LogP contribution in [0, 0.1) is 15.9 Å². The molecule has 1 aliphatic rings. The Morgan fingerprint density at radius 2 is 2.33 bits per heavy atom. The van der Waals surface area contributed by atoms with Crippen LogP contribution in [0.15, 0.2) is 30.5 Å². The summed E-state index contributed by atoms with van der Waals surface area (Å²) in [5.74, 6) is -0.809. The Balaban J connectivity index is 2.39. The van der Waals surface area contributed by atoms with E-state index in [0.717, 1.165) is 6.07 Å². The van der Waals surface area contributed by atoms with Crippen LogP contribution >= 0.6 is 0 Å². The largest absolute Gasteiger partial charge is 0.493 e. The van der Waals surface area contributed by atoms with Crippen molar-refractivity contribution < 1.29 is 14.1 Å². The first-order chi connectivity index (χ1) is 7.20. The molecule has 0 N–H and O–H groups in total. The summed E-state index contributed by atoms with van der Waals surface area (Å²) in [5, 5.41) is 10.5. The molecule has 0 amide bonds. The van der Waals surface area contributed by atoms with Gasteiger partial charge in [0, 0.05) is 18.1 Å². The third-order valence-electron chi connectivity index (χ3n) is 2.24. The minimum absolute atomic E-state index is 0.231. The summed E-state index contributed by atoms with van der Waals surface area (Å²) < 4.78 is 18.7. The Morgan fingerprint density at radius 1 is 1.53 bits per heavy atom. The monoisotopic (exact) mass is 209 g/mol. The van der Waals surface area contributed by atoms with Crippen LogP contribution in [0.1, 0.15) is 18.1 Å². The van der Waals surface area contributed by atoms with E-state index in [1.165, 1.54) is 18.4 Å². The number of ether oxygens (including phenoxy) is 1. The minimum Gasteiger partial charge on any atom is -0.493 e. The van der Waals surface area contributed by atoms with E-state index in [1.54, 1.807) is 6.08 Å². The first-order valence-electron chi connectivity index (χ1n) is 4.43. The van der Waals surface area contributed by atoms with Crippen LogP contribution in [-0.4, -0.2) is 4.92 Å². The molecule has 2 rings (SSSR count). The van der Waals surface area contributed by atoms with Gasteiger partial charge >= 0.3 is 5.69 Å². The smallest absolute Gasteiger partial charge is 0.305 e. The molecule has 0 fully saturated rings. The molecular formula is C10H8FNO3. The summed E-state index contributed by atoms with van der Waals surface area (Å²) in [6.07, 6.45) is 3.33. The zero-order valence-electron chi connectivity index (χ0n) is 7.72. The molecule has 5 heteroatoms. The van der Waals surface area contributed by atoms with Crippen LogP contribution in [-0.2, 0) is 4.74 Å². The number of hydrogen-bond donors (Lipinski definition) is 0. The fraction of sp³-hybridized carbons (Fsp3) is 0.200. The first-order valence-corrected chi connectivity index (χ1v) is 4.43. The van der Waals surface area contributed by atoms with Crippen molar-refractivity contribution in [2.75, 3.05) is 0 Å². The Kier molecular flexibility index (Phi) is 2.37. The number of nitro benzene ring substituents is 1. The predicted octanol–water partition coefficient (Wildman–Crippen LogP) is 2.71. The zero-order chi connectivity index (χ0) is 10.8. The summed E-state index contributed by atoms with van der Waals surface area (Å²) >= 11 is 0. The van der Waals surface area contributed by atoms with E-state index in [4.69, 9.17) is 4.74 Å². The molecule has 0 aliphatic carbocycles. The minimum atomic E-state index is -0.809. The van der Waals surface area contributed by atoms with Crippen molar-refractivity contribution in [3.05, 3.63) is 52.0 Å². The van der Waals surface area contributed by atoms with Crippen LogP contribution in [0.5, 0.6) is 0 Å². The fourth-order valence-corrected chi connectivity index (χ4v) is 1.51. The Bertz CT molecular complexity index is 423. The molecule has 1 aromatic rings. The molecule has 0 spiro atoms. The molecule has 0 radical (unpaired) electrons. The van der Waals surface area contributed by atoms with E-state index in [0.29, 0.717) is 6.42 Å². The maximum absolute atomic E-state index is 13.6. The Morgan fingerprint density at radius 3 is 2.93 bits per heavy atom. The molecule has 1 atom stereocenters. The van der Waals surface area contributed by atoms with Gasteiger partial charge in [0.25, 0.3) is 0 Å². The highest BCUT2D eigenvalue weighted by molar-refractivity contribution is 5.38. The van der Waals surface area contributed by atoms with Crippen molar-refractivity contribution in [2.45, 2.75) is 12.5 Å². The molecule has 1 unspecified atom stereocenters. The molecule has 0 bridgehead atoms. The van der Waals surface area contributed by atoms with Crippen LogP contribution in [0.4, 0.5) is 10.1 Å². The lowest BCUT2D eigenvalue weighted by atomic mass is 10.1. The van der Waals surface area contributed by atoms with Crippen molar-refractivity contribution in [3.63, 3.8) is 0 Å². The second-order valence-electron chi connectivity index (χ2n) is 3.17. The number of benzene rings is 1. The van der Waals surface area contributed by atoms with Gasteiger partial charge in [0.1, 0.15) is 6.10 Å². The quantitative estimate of drug-likeness (QED) is 0.555. The first kappa shape index (κ1) is 9.64. The van der Waals surface area contributed by atoms with Gasteiger partial charge in [0.05, 0.1) is 11.2 Å². The van der Waals surface area contributed by atoms with E-state index in [1.807, 2.05) is 0 Å². The van der Waals surface area contributed by atoms with Crippen molar-refractivity contribution in [1.29, 1.82) is 0 Å². The van der Waals surface area contributed by atoms with Crippen molar-refractivity contribution in [1.82, 2.24) is 0 Å². The van der Waals surface area contributed by atoms with E-state index >= 15 is 0 Å². The van der Waals surface area contributed by atoms with Crippen molar-refractivity contribution >= 4 is 5.69 Å². The van der Waals surface area contributed by atoms with E-state index < -0.39 is 22.5 Å². The lowest BCUT2D eigenvalue weighted by Gasteiger charge is -2.10. The number of hydrogen-bond acceptors (Lipinski definition) is 3. The summed E-state index contributed by atoms with van der Waals surface area (Å²) in [6.45, 7) is 0. The van der Waals surface area contributed by atoms with Gasteiger partial charge in [-0.3, -0.25) is 10.1 Å². The second-order valence-corrected chi connectivity index (χ2v) is 3.17. The van der Waals surface area contributed by atoms with Gasteiger partial charge in [0.2, 0.25) is 5.82 Å². The van der Waals surface area contributed by atoms with Crippen LogP contribution in [0.25, 0.3) is 0 Å². The highest BCUT2D eigenvalue weighted by Gasteiger charge is 2.24. The van der Waals surface area contributed by atoms with E-state index in [9.17, 15) is 14.5 Å². The predicted molar refractivity (Wildman–Crippen MR) is 50.6 cm³/mol. The zero-order valence-corrected chi connectivity index (χ0v) is 7.72. The summed E-state index contributed by atoms with van der Waals surface area (Å²) in [5.41, 5.74) is -0.280. The maximum atomic E-state index is 13.6. The maximum Gasteiger partial charge on any atom is 0.305 e. The molecule has 78 valence electrons. The summed E-state index contributed by atoms with van der Waals surface area (Å²) in [4.78, 5) is 9.76. The highest BCUT2D eigenvalue weighted by atomic mass is 19.1. The highest BCUT2D eigenvalue weighted by Crippen LogP contribution is 2.31. The molecule has 0 aromatic heterocycles. The molecular weight excluding hydrogens is 201 g/mol. The standard InChI is InChI=1S/C10H8FNO3/c11-10-7(9-5-2-6-15-9)3-1-4-8(10)12(13)14/h1-4,6,9H,5H2. The normalized spacial score (nSPS) is 18.9. The number of halogens is 1. The Hall–Kier alpha value is -1.91. The van der Waals surface area contributed by atoms with Gasteiger partial charge in [-0.25, -0.2) is 0 Å². The molecule has 0 saturated carbocycles. The Labute approximate surface area is 85.1 Å². The van der Waals surface area contributed by atoms with Crippen molar-refractivity contribution in [3.8, 4) is 0 Å². The molecule has 15 heavy (non-hydrogen) atoms. The van der Waals surface area contributed by atoms with Crippen LogP contribution in [0.3, 0.4) is 0 Å². The SMILES string of the molecule is O=[N+]([O-])c1cccc(C2CC=CO2)c1F. The van der Waals surface area contributed by atoms with Crippen LogP contribution < -0.4 is 0 Å². The van der Waals surface area contributed by atoms with E-state index in [2.05, 4.69) is 0 Å². The third kappa shape index (κ3) is 1.68. The van der Waals surface area contributed by atoms with Gasteiger partial charge in [-0.05, 0) is 6.08 Å². The van der Waals surface area contributed by atoms with E-state index in [-0.39, 0.29) is 5.56 Å². The molecule has 0 saturated heterocycles. The van der Waals surface area contributed by atoms with Gasteiger partial charge in [-0.2, -0.15) is 4.39 Å². The topological polar surface area (TPSA) is 52.4 Å². The fourth-order valence-electron chi connectivity index (χ4n) is 1.51. The van der Waals surface area contributed by atoms with Gasteiger partial charge in [-0.1, -0.05) is 12.1 Å². The molecule has 1 aliphatic heterocycles. The second kappa shape index (κ2) is 3.68. The van der Waals surface area contributed by atoms with Gasteiger partial charge in [-0.15, -0.1) is 0 Å². The summed E-state index contributed by atoms with van der Waals surface area (Å²) in [7, 11) is 0.